The van der Waals surface area contributed by atoms with Gasteiger partial charge in [-0.15, -0.1) is 0 Å². The average molecular weight is 327 g/mol. The van der Waals surface area contributed by atoms with E-state index in [-0.39, 0.29) is 11.8 Å². The molecule has 0 saturated carbocycles. The number of ether oxygens (including phenoxy) is 1. The van der Waals surface area contributed by atoms with E-state index in [1.165, 1.54) is 0 Å². The molecule has 0 saturated heterocycles. The normalized spacial score (nSPS) is 16.7. The van der Waals surface area contributed by atoms with E-state index in [1.807, 2.05) is 36.4 Å². The summed E-state index contributed by atoms with van der Waals surface area (Å²) in [6.07, 6.45) is 0. The molecule has 0 N–H and O–H groups in total. The molecule has 0 radical (unpaired) electrons. The minimum absolute atomic E-state index is 0.170. The monoisotopic (exact) mass is 327 g/mol. The number of carbonyl (C=O) groups excluding carboxylic acids is 1. The molecule has 2 aromatic rings. The molecular weight excluding hydrogens is 306 g/mol. The SMILES string of the molecule is CCN(CC)C1C(=O)c2ccccc2Sc2c(OC)cccc21. The van der Waals surface area contributed by atoms with Crippen molar-refractivity contribution < 1.29 is 9.53 Å². The molecule has 1 atom stereocenters. The third kappa shape index (κ3) is 2.77. The maximum absolute atomic E-state index is 13.3. The van der Waals surface area contributed by atoms with Crippen molar-refractivity contribution in [2.45, 2.75) is 29.7 Å². The Balaban J connectivity index is 2.26. The highest BCUT2D eigenvalue weighted by atomic mass is 32.2. The fraction of sp³-hybridized carbons (Fsp3) is 0.316. The van der Waals surface area contributed by atoms with Crippen LogP contribution in [0.5, 0.6) is 5.75 Å². The van der Waals surface area contributed by atoms with E-state index in [2.05, 4.69) is 24.8 Å². The van der Waals surface area contributed by atoms with Crippen molar-refractivity contribution in [1.29, 1.82) is 0 Å². The van der Waals surface area contributed by atoms with Crippen molar-refractivity contribution in [3.05, 3.63) is 53.6 Å². The fourth-order valence-corrected chi connectivity index (χ4v) is 4.32. The van der Waals surface area contributed by atoms with Gasteiger partial charge >= 0.3 is 0 Å². The number of rotatable bonds is 4. The van der Waals surface area contributed by atoms with Crippen LogP contribution in [0.4, 0.5) is 0 Å². The van der Waals surface area contributed by atoms with E-state index in [1.54, 1.807) is 18.9 Å². The Kier molecular flexibility index (Phi) is 4.74. The van der Waals surface area contributed by atoms with Crippen LogP contribution < -0.4 is 4.74 Å². The van der Waals surface area contributed by atoms with Gasteiger partial charge in [0.25, 0.3) is 0 Å². The third-order valence-electron chi connectivity index (χ3n) is 4.31. The first-order valence-corrected chi connectivity index (χ1v) is 8.74. The van der Waals surface area contributed by atoms with Crippen LogP contribution in [0.15, 0.2) is 52.3 Å². The highest BCUT2D eigenvalue weighted by Gasteiger charge is 2.34. The van der Waals surface area contributed by atoms with Crippen LogP contribution >= 0.6 is 11.8 Å². The van der Waals surface area contributed by atoms with Gasteiger partial charge < -0.3 is 4.74 Å². The van der Waals surface area contributed by atoms with Gasteiger partial charge in [0.15, 0.2) is 5.78 Å². The number of methoxy groups -OCH3 is 1. The van der Waals surface area contributed by atoms with Crippen molar-refractivity contribution in [3.63, 3.8) is 0 Å². The van der Waals surface area contributed by atoms with E-state index in [9.17, 15) is 4.79 Å². The number of hydrogen-bond donors (Lipinski definition) is 0. The molecule has 1 heterocycles. The van der Waals surface area contributed by atoms with Crippen molar-refractivity contribution in [2.24, 2.45) is 0 Å². The van der Waals surface area contributed by atoms with Gasteiger partial charge in [-0.05, 0) is 30.8 Å². The van der Waals surface area contributed by atoms with Crippen LogP contribution in [0.25, 0.3) is 0 Å². The highest BCUT2D eigenvalue weighted by molar-refractivity contribution is 7.99. The van der Waals surface area contributed by atoms with Crippen LogP contribution in [0, 0.1) is 0 Å². The van der Waals surface area contributed by atoms with Gasteiger partial charge in [0.2, 0.25) is 0 Å². The van der Waals surface area contributed by atoms with Gasteiger partial charge in [0.1, 0.15) is 11.8 Å². The standard InChI is InChI=1S/C19H21NO2S/c1-4-20(5-2)17-14-10-8-11-15(22-3)19(14)23-16-12-7-6-9-13(16)18(17)21/h6-12,17H,4-5H2,1-3H3. The molecule has 0 aromatic heterocycles. The van der Waals surface area contributed by atoms with Crippen LogP contribution in [0.2, 0.25) is 0 Å². The Labute approximate surface area is 141 Å². The lowest BCUT2D eigenvalue weighted by Gasteiger charge is -2.29. The molecule has 1 unspecified atom stereocenters. The summed E-state index contributed by atoms with van der Waals surface area (Å²) in [7, 11) is 1.68. The maximum Gasteiger partial charge on any atom is 0.185 e. The van der Waals surface area contributed by atoms with Gasteiger partial charge in [0.05, 0.1) is 12.0 Å². The van der Waals surface area contributed by atoms with Crippen molar-refractivity contribution in [1.82, 2.24) is 4.90 Å². The molecule has 0 aliphatic carbocycles. The Bertz CT molecular complexity index is 725. The second-order valence-corrected chi connectivity index (χ2v) is 6.52. The first-order valence-electron chi connectivity index (χ1n) is 7.93. The third-order valence-corrected chi connectivity index (χ3v) is 5.53. The molecule has 0 fully saturated rings. The molecule has 23 heavy (non-hydrogen) atoms. The second-order valence-electron chi connectivity index (χ2n) is 5.46. The first-order chi connectivity index (χ1) is 11.2. The summed E-state index contributed by atoms with van der Waals surface area (Å²) in [5.74, 6) is 0.998. The summed E-state index contributed by atoms with van der Waals surface area (Å²) in [4.78, 5) is 17.5. The molecule has 3 nitrogen and oxygen atoms in total. The lowest BCUT2D eigenvalue weighted by atomic mass is 9.95. The molecule has 3 rings (SSSR count). The van der Waals surface area contributed by atoms with Crippen LogP contribution in [-0.2, 0) is 0 Å². The largest absolute Gasteiger partial charge is 0.496 e. The number of carbonyl (C=O) groups is 1. The molecule has 4 heteroatoms. The molecule has 0 spiro atoms. The fourth-order valence-electron chi connectivity index (χ4n) is 3.13. The number of ketones is 1. The second kappa shape index (κ2) is 6.77. The number of likely N-dealkylation sites (N-methyl/N-ethyl adjacent to an activating group) is 1. The number of benzene rings is 2. The average Bonchev–Trinajstić information content (AvgIpc) is 2.71. The molecule has 1 aliphatic heterocycles. The van der Waals surface area contributed by atoms with Crippen LogP contribution in [-0.4, -0.2) is 30.9 Å². The van der Waals surface area contributed by atoms with E-state index in [0.717, 1.165) is 39.8 Å². The Morgan fingerprint density at radius 2 is 1.83 bits per heavy atom. The Morgan fingerprint density at radius 1 is 1.09 bits per heavy atom. The van der Waals surface area contributed by atoms with Crippen molar-refractivity contribution in [2.75, 3.05) is 20.2 Å². The summed E-state index contributed by atoms with van der Waals surface area (Å²) in [6, 6.07) is 13.6. The lowest BCUT2D eigenvalue weighted by molar-refractivity contribution is 0.0826. The van der Waals surface area contributed by atoms with Crippen LogP contribution in [0.3, 0.4) is 0 Å². The Morgan fingerprint density at radius 3 is 2.52 bits per heavy atom. The predicted octanol–water partition coefficient (Wildman–Crippen LogP) is 4.43. The molecular formula is C19H21NO2S. The van der Waals surface area contributed by atoms with Crippen molar-refractivity contribution >= 4 is 17.5 Å². The summed E-state index contributed by atoms with van der Waals surface area (Å²) in [5, 5.41) is 0. The number of fused-ring (bicyclic) bond motifs is 2. The first kappa shape index (κ1) is 16.1. The molecule has 1 aliphatic rings. The van der Waals surface area contributed by atoms with Gasteiger partial charge in [-0.3, -0.25) is 9.69 Å². The predicted molar refractivity (Wildman–Crippen MR) is 93.6 cm³/mol. The summed E-state index contributed by atoms with van der Waals surface area (Å²) in [5.41, 5.74) is 1.84. The topological polar surface area (TPSA) is 29.5 Å². The van der Waals surface area contributed by atoms with E-state index < -0.39 is 0 Å². The molecule has 120 valence electrons. The zero-order valence-corrected chi connectivity index (χ0v) is 14.5. The van der Waals surface area contributed by atoms with E-state index >= 15 is 0 Å². The van der Waals surface area contributed by atoms with E-state index in [0.29, 0.717) is 0 Å². The molecule has 2 aromatic carbocycles. The van der Waals surface area contributed by atoms with Gasteiger partial charge in [-0.25, -0.2) is 0 Å². The number of nitrogens with zero attached hydrogens (tertiary/aromatic N) is 1. The van der Waals surface area contributed by atoms with Gasteiger partial charge in [-0.1, -0.05) is 55.9 Å². The Hall–Kier alpha value is -1.78. The summed E-state index contributed by atoms with van der Waals surface area (Å²) < 4.78 is 5.56. The zero-order chi connectivity index (χ0) is 16.4. The summed E-state index contributed by atoms with van der Waals surface area (Å²) in [6.45, 7) is 5.86. The lowest BCUT2D eigenvalue weighted by Crippen LogP contribution is -2.34. The smallest absolute Gasteiger partial charge is 0.185 e. The van der Waals surface area contributed by atoms with Gasteiger partial charge in [0, 0.05) is 10.5 Å². The van der Waals surface area contributed by atoms with Gasteiger partial charge in [-0.2, -0.15) is 0 Å². The van der Waals surface area contributed by atoms with Crippen LogP contribution in [0.1, 0.15) is 35.8 Å². The molecule has 0 amide bonds. The quantitative estimate of drug-likeness (QED) is 0.831. The minimum atomic E-state index is -0.258. The summed E-state index contributed by atoms with van der Waals surface area (Å²) >= 11 is 1.63. The minimum Gasteiger partial charge on any atom is -0.496 e. The zero-order valence-electron chi connectivity index (χ0n) is 13.7. The maximum atomic E-state index is 13.3. The van der Waals surface area contributed by atoms with E-state index in [4.69, 9.17) is 4.74 Å². The molecule has 0 bridgehead atoms. The number of Topliss-reactive ketones (excluding diaryl/α,β-unsaturated/α-hetero) is 1. The van der Waals surface area contributed by atoms with Crippen molar-refractivity contribution in [3.8, 4) is 5.75 Å². The number of hydrogen-bond acceptors (Lipinski definition) is 4. The highest BCUT2D eigenvalue weighted by Crippen LogP contribution is 2.46.